The minimum absolute atomic E-state index is 0.0163. The number of nitrogens with one attached hydrogen (secondary N) is 1. The topological polar surface area (TPSA) is 50.3 Å². The summed E-state index contributed by atoms with van der Waals surface area (Å²) >= 11 is 1.77. The highest BCUT2D eigenvalue weighted by atomic mass is 32.1. The van der Waals surface area contributed by atoms with Crippen molar-refractivity contribution >= 4 is 17.3 Å². The molecule has 4 heterocycles. The number of likely N-dealkylation sites (tertiary alicyclic amines) is 1. The number of aromatic nitrogens is 2. The Labute approximate surface area is 134 Å². The van der Waals surface area contributed by atoms with Gasteiger partial charge in [-0.1, -0.05) is 0 Å². The summed E-state index contributed by atoms with van der Waals surface area (Å²) in [5.41, 5.74) is 1.43. The molecule has 5 nitrogen and oxygen atoms in total. The maximum Gasteiger partial charge on any atom is 0.222 e. The summed E-state index contributed by atoms with van der Waals surface area (Å²) in [6, 6.07) is 4.35. The second-order valence-corrected chi connectivity index (χ2v) is 6.98. The van der Waals surface area contributed by atoms with Crippen molar-refractivity contribution in [2.75, 3.05) is 25.0 Å². The molecule has 0 saturated carbocycles. The van der Waals surface area contributed by atoms with E-state index in [2.05, 4.69) is 37.0 Å². The molecule has 4 rings (SSSR count). The van der Waals surface area contributed by atoms with Gasteiger partial charge in [-0.3, -0.25) is 4.90 Å². The fourth-order valence-electron chi connectivity index (χ4n) is 3.48. The molecule has 2 aromatic rings. The number of nitrogens with zero attached hydrogens (tertiary/aromatic N) is 3. The van der Waals surface area contributed by atoms with Crippen LogP contribution in [0.5, 0.6) is 0 Å². The lowest BCUT2D eigenvalue weighted by molar-refractivity contribution is 0.0120. The summed E-state index contributed by atoms with van der Waals surface area (Å²) in [6.07, 6.45) is 5.68. The van der Waals surface area contributed by atoms with Crippen LogP contribution in [0.2, 0.25) is 0 Å². The van der Waals surface area contributed by atoms with Crippen LogP contribution in [0.1, 0.15) is 18.4 Å². The molecule has 1 spiro atoms. The highest BCUT2D eigenvalue weighted by molar-refractivity contribution is 7.07. The second kappa shape index (κ2) is 5.95. The smallest absolute Gasteiger partial charge is 0.222 e. The van der Waals surface area contributed by atoms with Crippen molar-refractivity contribution in [3.8, 4) is 0 Å². The van der Waals surface area contributed by atoms with Gasteiger partial charge in [-0.15, -0.1) is 0 Å². The summed E-state index contributed by atoms with van der Waals surface area (Å²) in [4.78, 5) is 11.0. The molecular weight excluding hydrogens is 296 g/mol. The van der Waals surface area contributed by atoms with Gasteiger partial charge in [-0.05, 0) is 34.9 Å². The van der Waals surface area contributed by atoms with Crippen LogP contribution in [-0.4, -0.2) is 46.2 Å². The third kappa shape index (κ3) is 2.99. The van der Waals surface area contributed by atoms with E-state index in [0.717, 1.165) is 39.1 Å². The fourth-order valence-corrected chi connectivity index (χ4v) is 4.14. The standard InChI is InChI=1S/C16H20N4OS/c1-4-17-15(18-5-1)19-14-8-16(21-10-14)3-6-20(12-16)9-13-2-7-22-11-13/h1-2,4-5,7,11,14H,3,6,8-10,12H2,(H,17,18,19)/t14-,16-/m0/s1. The number of hydrogen-bond donors (Lipinski definition) is 1. The van der Waals surface area contributed by atoms with E-state index in [1.54, 1.807) is 23.7 Å². The highest BCUT2D eigenvalue weighted by Gasteiger charge is 2.45. The average Bonchev–Trinajstić information content (AvgIpc) is 3.25. The van der Waals surface area contributed by atoms with Crippen molar-refractivity contribution < 1.29 is 4.74 Å². The summed E-state index contributed by atoms with van der Waals surface area (Å²) < 4.78 is 6.18. The van der Waals surface area contributed by atoms with Crippen LogP contribution in [0.4, 0.5) is 5.95 Å². The van der Waals surface area contributed by atoms with E-state index in [0.29, 0.717) is 12.0 Å². The lowest BCUT2D eigenvalue weighted by Crippen LogP contribution is -2.33. The molecule has 0 aromatic carbocycles. The Hall–Kier alpha value is -1.50. The molecule has 2 aromatic heterocycles. The number of rotatable bonds is 4. The normalized spacial score (nSPS) is 28.5. The average molecular weight is 316 g/mol. The summed E-state index contributed by atoms with van der Waals surface area (Å²) in [6.45, 7) is 3.92. The van der Waals surface area contributed by atoms with Crippen LogP contribution in [-0.2, 0) is 11.3 Å². The van der Waals surface area contributed by atoms with Crippen LogP contribution >= 0.6 is 11.3 Å². The number of thiophene rings is 1. The van der Waals surface area contributed by atoms with E-state index in [1.165, 1.54) is 5.56 Å². The predicted octanol–water partition coefficient (Wildman–Crippen LogP) is 2.38. The molecule has 0 radical (unpaired) electrons. The van der Waals surface area contributed by atoms with Crippen molar-refractivity contribution in [1.82, 2.24) is 14.9 Å². The van der Waals surface area contributed by atoms with Crippen LogP contribution in [0.15, 0.2) is 35.3 Å². The first kappa shape index (κ1) is 14.1. The fraction of sp³-hybridized carbons (Fsp3) is 0.500. The third-order valence-electron chi connectivity index (χ3n) is 4.49. The van der Waals surface area contributed by atoms with Gasteiger partial charge in [0.2, 0.25) is 5.95 Å². The van der Waals surface area contributed by atoms with E-state index in [9.17, 15) is 0 Å². The lowest BCUT2D eigenvalue weighted by atomic mass is 9.97. The summed E-state index contributed by atoms with van der Waals surface area (Å²) in [5.74, 6) is 0.696. The molecule has 22 heavy (non-hydrogen) atoms. The SMILES string of the molecule is c1cnc(N[C@@H]2CO[C@@]3(CCN(Cc4ccsc4)C3)C2)nc1. The zero-order chi connectivity index (χ0) is 14.8. The largest absolute Gasteiger partial charge is 0.371 e. The van der Waals surface area contributed by atoms with Crippen molar-refractivity contribution in [3.05, 3.63) is 40.8 Å². The number of ether oxygens (including phenoxy) is 1. The Kier molecular flexibility index (Phi) is 3.82. The van der Waals surface area contributed by atoms with Gasteiger partial charge in [0, 0.05) is 38.4 Å². The van der Waals surface area contributed by atoms with Crippen LogP contribution in [0, 0.1) is 0 Å². The van der Waals surface area contributed by atoms with E-state index >= 15 is 0 Å². The molecule has 116 valence electrons. The Morgan fingerprint density at radius 2 is 2.32 bits per heavy atom. The van der Waals surface area contributed by atoms with Gasteiger partial charge in [0.25, 0.3) is 0 Å². The molecule has 6 heteroatoms. The van der Waals surface area contributed by atoms with Gasteiger partial charge in [0.1, 0.15) is 0 Å². The zero-order valence-corrected chi connectivity index (χ0v) is 13.3. The lowest BCUT2D eigenvalue weighted by Gasteiger charge is -2.23. The maximum atomic E-state index is 6.18. The van der Waals surface area contributed by atoms with Crippen LogP contribution < -0.4 is 5.32 Å². The van der Waals surface area contributed by atoms with Gasteiger partial charge in [0.05, 0.1) is 18.2 Å². The molecule has 0 amide bonds. The molecule has 2 atom stereocenters. The Morgan fingerprint density at radius 3 is 3.14 bits per heavy atom. The van der Waals surface area contributed by atoms with Crippen LogP contribution in [0.25, 0.3) is 0 Å². The molecule has 1 N–H and O–H groups in total. The van der Waals surface area contributed by atoms with Gasteiger partial charge in [-0.2, -0.15) is 11.3 Å². The van der Waals surface area contributed by atoms with Gasteiger partial charge < -0.3 is 10.1 Å². The quantitative estimate of drug-likeness (QED) is 0.938. The number of anilines is 1. The van der Waals surface area contributed by atoms with E-state index < -0.39 is 0 Å². The Morgan fingerprint density at radius 1 is 1.41 bits per heavy atom. The molecule has 2 aliphatic rings. The van der Waals surface area contributed by atoms with Crippen molar-refractivity contribution in [2.24, 2.45) is 0 Å². The highest BCUT2D eigenvalue weighted by Crippen LogP contribution is 2.36. The molecule has 0 aliphatic carbocycles. The minimum atomic E-state index is 0.0163. The molecule has 2 fully saturated rings. The van der Waals surface area contributed by atoms with Crippen molar-refractivity contribution in [3.63, 3.8) is 0 Å². The summed E-state index contributed by atoms with van der Waals surface area (Å²) in [5, 5.41) is 7.77. The molecule has 2 saturated heterocycles. The molecule has 0 unspecified atom stereocenters. The predicted molar refractivity (Wildman–Crippen MR) is 87.0 cm³/mol. The minimum Gasteiger partial charge on any atom is -0.371 e. The monoisotopic (exact) mass is 316 g/mol. The van der Waals surface area contributed by atoms with Gasteiger partial charge in [0.15, 0.2) is 0 Å². The van der Waals surface area contributed by atoms with E-state index in [4.69, 9.17) is 4.74 Å². The number of hydrogen-bond acceptors (Lipinski definition) is 6. The van der Waals surface area contributed by atoms with E-state index in [-0.39, 0.29) is 5.60 Å². The van der Waals surface area contributed by atoms with Gasteiger partial charge in [-0.25, -0.2) is 9.97 Å². The van der Waals surface area contributed by atoms with Crippen LogP contribution in [0.3, 0.4) is 0 Å². The molecular formula is C16H20N4OS. The first-order chi connectivity index (χ1) is 10.8. The first-order valence-electron chi connectivity index (χ1n) is 7.72. The summed E-state index contributed by atoms with van der Waals surface area (Å²) in [7, 11) is 0. The van der Waals surface area contributed by atoms with Crippen molar-refractivity contribution in [2.45, 2.75) is 31.0 Å². The Bertz CT molecular complexity index is 606. The van der Waals surface area contributed by atoms with Gasteiger partial charge >= 0.3 is 0 Å². The third-order valence-corrected chi connectivity index (χ3v) is 5.22. The van der Waals surface area contributed by atoms with Crippen molar-refractivity contribution in [1.29, 1.82) is 0 Å². The maximum absolute atomic E-state index is 6.18. The zero-order valence-electron chi connectivity index (χ0n) is 12.4. The molecule has 0 bridgehead atoms. The second-order valence-electron chi connectivity index (χ2n) is 6.20. The first-order valence-corrected chi connectivity index (χ1v) is 8.67. The van der Waals surface area contributed by atoms with E-state index in [1.807, 2.05) is 6.07 Å². The molecule has 2 aliphatic heterocycles. The Balaban J connectivity index is 1.34.